The van der Waals surface area contributed by atoms with Crippen molar-refractivity contribution in [3.8, 4) is 0 Å². The fourth-order valence-electron chi connectivity index (χ4n) is 1.06. The Bertz CT molecular complexity index is 385. The molecule has 0 saturated carbocycles. The molecule has 0 heterocycles. The summed E-state index contributed by atoms with van der Waals surface area (Å²) in [5.74, 6) is -1.65. The molecule has 16 heavy (non-hydrogen) atoms. The zero-order valence-corrected chi connectivity index (χ0v) is 8.90. The standard InChI is InChI=1S/C11H11FO4/c1-7(13)15-8(2)16-11(14)9-3-5-10(12)6-4-9/h3-6,8H,1-2H3. The van der Waals surface area contributed by atoms with Gasteiger partial charge in [-0.1, -0.05) is 0 Å². The average molecular weight is 226 g/mol. The minimum absolute atomic E-state index is 0.195. The average Bonchev–Trinajstić information content (AvgIpc) is 2.16. The molecule has 0 aliphatic carbocycles. The normalized spacial score (nSPS) is 11.7. The lowest BCUT2D eigenvalue weighted by atomic mass is 10.2. The molecule has 1 atom stereocenters. The summed E-state index contributed by atoms with van der Waals surface area (Å²) >= 11 is 0. The van der Waals surface area contributed by atoms with Crippen LogP contribution in [0.5, 0.6) is 0 Å². The Morgan fingerprint density at radius 3 is 2.25 bits per heavy atom. The molecule has 0 N–H and O–H groups in total. The number of hydrogen-bond acceptors (Lipinski definition) is 4. The highest BCUT2D eigenvalue weighted by Gasteiger charge is 2.13. The molecule has 4 nitrogen and oxygen atoms in total. The second-order valence-electron chi connectivity index (χ2n) is 3.09. The van der Waals surface area contributed by atoms with Crippen molar-refractivity contribution in [2.75, 3.05) is 0 Å². The van der Waals surface area contributed by atoms with Crippen LogP contribution in [0.25, 0.3) is 0 Å². The molecule has 5 heteroatoms. The third-order valence-electron chi connectivity index (χ3n) is 1.68. The summed E-state index contributed by atoms with van der Waals surface area (Å²) in [6.07, 6.45) is -0.963. The maximum absolute atomic E-state index is 12.6. The molecule has 0 saturated heterocycles. The zero-order valence-electron chi connectivity index (χ0n) is 8.90. The van der Waals surface area contributed by atoms with Gasteiger partial charge in [-0.25, -0.2) is 9.18 Å². The molecule has 86 valence electrons. The minimum Gasteiger partial charge on any atom is -0.426 e. The molecular weight excluding hydrogens is 215 g/mol. The van der Waals surface area contributed by atoms with E-state index in [-0.39, 0.29) is 5.56 Å². The summed E-state index contributed by atoms with van der Waals surface area (Å²) in [5.41, 5.74) is 0.195. The highest BCUT2D eigenvalue weighted by molar-refractivity contribution is 5.89. The smallest absolute Gasteiger partial charge is 0.341 e. The Balaban J connectivity index is 2.58. The first kappa shape index (κ1) is 12.2. The van der Waals surface area contributed by atoms with Gasteiger partial charge < -0.3 is 9.47 Å². The first-order valence-electron chi connectivity index (χ1n) is 4.63. The monoisotopic (exact) mass is 226 g/mol. The molecule has 0 fully saturated rings. The Kier molecular flexibility index (Phi) is 3.99. The molecule has 0 radical (unpaired) electrons. The lowest BCUT2D eigenvalue weighted by Crippen LogP contribution is -2.20. The van der Waals surface area contributed by atoms with Gasteiger partial charge in [0.1, 0.15) is 5.82 Å². The van der Waals surface area contributed by atoms with Gasteiger partial charge in [-0.3, -0.25) is 4.79 Å². The maximum Gasteiger partial charge on any atom is 0.341 e. The Hall–Kier alpha value is -1.91. The number of halogens is 1. The van der Waals surface area contributed by atoms with Crippen LogP contribution in [0.2, 0.25) is 0 Å². The van der Waals surface area contributed by atoms with Gasteiger partial charge in [-0.2, -0.15) is 0 Å². The number of ether oxygens (including phenoxy) is 2. The van der Waals surface area contributed by atoms with Gasteiger partial charge in [0.25, 0.3) is 0 Å². The van der Waals surface area contributed by atoms with Crippen molar-refractivity contribution >= 4 is 11.9 Å². The molecular formula is C11H11FO4. The predicted octanol–water partition coefficient (Wildman–Crippen LogP) is 1.89. The van der Waals surface area contributed by atoms with E-state index < -0.39 is 24.0 Å². The summed E-state index contributed by atoms with van der Waals surface area (Å²) in [7, 11) is 0. The van der Waals surface area contributed by atoms with E-state index in [9.17, 15) is 14.0 Å². The van der Waals surface area contributed by atoms with E-state index in [1.165, 1.54) is 26.0 Å². The van der Waals surface area contributed by atoms with Crippen LogP contribution in [-0.2, 0) is 14.3 Å². The van der Waals surface area contributed by atoms with E-state index in [0.29, 0.717) is 0 Å². The second kappa shape index (κ2) is 5.25. The van der Waals surface area contributed by atoms with Crippen molar-refractivity contribution in [2.45, 2.75) is 20.1 Å². The highest BCUT2D eigenvalue weighted by Crippen LogP contribution is 2.06. The van der Waals surface area contributed by atoms with E-state index in [1.54, 1.807) is 0 Å². The lowest BCUT2D eigenvalue weighted by Gasteiger charge is -2.12. The number of esters is 2. The van der Waals surface area contributed by atoms with Crippen molar-refractivity contribution in [3.05, 3.63) is 35.6 Å². The number of carbonyl (C=O) groups is 2. The number of rotatable bonds is 3. The van der Waals surface area contributed by atoms with E-state index in [0.717, 1.165) is 12.1 Å². The summed E-state index contributed by atoms with van der Waals surface area (Å²) in [5, 5.41) is 0. The van der Waals surface area contributed by atoms with Gasteiger partial charge in [0, 0.05) is 13.8 Å². The van der Waals surface area contributed by atoms with E-state index in [2.05, 4.69) is 4.74 Å². The molecule has 0 aliphatic heterocycles. The fourth-order valence-corrected chi connectivity index (χ4v) is 1.06. The third-order valence-corrected chi connectivity index (χ3v) is 1.68. The molecule has 1 aromatic carbocycles. The summed E-state index contributed by atoms with van der Waals surface area (Å²) < 4.78 is 22.0. The quantitative estimate of drug-likeness (QED) is 0.583. The van der Waals surface area contributed by atoms with Crippen molar-refractivity contribution in [1.82, 2.24) is 0 Å². The number of carbonyl (C=O) groups excluding carboxylic acids is 2. The second-order valence-corrected chi connectivity index (χ2v) is 3.09. The molecule has 0 spiro atoms. The van der Waals surface area contributed by atoms with Gasteiger partial charge in [0.2, 0.25) is 6.29 Å². The molecule has 0 aromatic heterocycles. The van der Waals surface area contributed by atoms with Gasteiger partial charge in [0.15, 0.2) is 0 Å². The van der Waals surface area contributed by atoms with Crippen LogP contribution in [0.15, 0.2) is 24.3 Å². The van der Waals surface area contributed by atoms with Crippen LogP contribution >= 0.6 is 0 Å². The third kappa shape index (κ3) is 3.68. The Labute approximate surface area is 92.0 Å². The van der Waals surface area contributed by atoms with Gasteiger partial charge in [-0.05, 0) is 24.3 Å². The van der Waals surface area contributed by atoms with Crippen molar-refractivity contribution in [2.24, 2.45) is 0 Å². The minimum atomic E-state index is -0.963. The molecule has 1 aromatic rings. The van der Waals surface area contributed by atoms with Gasteiger partial charge >= 0.3 is 11.9 Å². The molecule has 1 unspecified atom stereocenters. The number of hydrogen-bond donors (Lipinski definition) is 0. The summed E-state index contributed by atoms with van der Waals surface area (Å²) in [6, 6.07) is 4.87. The van der Waals surface area contributed by atoms with Crippen LogP contribution in [0.4, 0.5) is 4.39 Å². The molecule has 1 rings (SSSR count). The maximum atomic E-state index is 12.6. The van der Waals surface area contributed by atoms with Crippen LogP contribution in [0.1, 0.15) is 24.2 Å². The Morgan fingerprint density at radius 2 is 1.75 bits per heavy atom. The molecule has 0 amide bonds. The first-order chi connectivity index (χ1) is 7.49. The van der Waals surface area contributed by atoms with E-state index in [4.69, 9.17) is 4.74 Å². The topological polar surface area (TPSA) is 52.6 Å². The van der Waals surface area contributed by atoms with Crippen molar-refractivity contribution in [3.63, 3.8) is 0 Å². The van der Waals surface area contributed by atoms with E-state index >= 15 is 0 Å². The first-order valence-corrected chi connectivity index (χ1v) is 4.63. The summed E-state index contributed by atoms with van der Waals surface area (Å²) in [4.78, 5) is 22.0. The van der Waals surface area contributed by atoms with Crippen molar-refractivity contribution < 1.29 is 23.5 Å². The van der Waals surface area contributed by atoms with Crippen molar-refractivity contribution in [1.29, 1.82) is 0 Å². The highest BCUT2D eigenvalue weighted by atomic mass is 19.1. The Morgan fingerprint density at radius 1 is 1.19 bits per heavy atom. The number of benzene rings is 1. The van der Waals surface area contributed by atoms with Crippen LogP contribution in [0.3, 0.4) is 0 Å². The predicted molar refractivity (Wildman–Crippen MR) is 53.0 cm³/mol. The van der Waals surface area contributed by atoms with Crippen LogP contribution < -0.4 is 0 Å². The SMILES string of the molecule is CC(=O)OC(C)OC(=O)c1ccc(F)cc1. The van der Waals surface area contributed by atoms with Crippen LogP contribution in [-0.4, -0.2) is 18.2 Å². The van der Waals surface area contributed by atoms with Crippen LogP contribution in [0, 0.1) is 5.82 Å². The zero-order chi connectivity index (χ0) is 12.1. The van der Waals surface area contributed by atoms with Gasteiger partial charge in [0.05, 0.1) is 5.56 Å². The molecule has 0 aliphatic rings. The van der Waals surface area contributed by atoms with E-state index in [1.807, 2.05) is 0 Å². The van der Waals surface area contributed by atoms with Gasteiger partial charge in [-0.15, -0.1) is 0 Å². The fraction of sp³-hybridized carbons (Fsp3) is 0.273. The molecule has 0 bridgehead atoms. The lowest BCUT2D eigenvalue weighted by molar-refractivity contribution is -0.162. The summed E-state index contributed by atoms with van der Waals surface area (Å²) in [6.45, 7) is 2.63. The largest absolute Gasteiger partial charge is 0.426 e.